The Morgan fingerprint density at radius 1 is 1.17 bits per heavy atom. The lowest BCUT2D eigenvalue weighted by molar-refractivity contribution is -0.116. The number of hydrogen-bond donors (Lipinski definition) is 0. The number of amides is 1. The third-order valence-electron chi connectivity index (χ3n) is 5.63. The van der Waals surface area contributed by atoms with E-state index in [2.05, 4.69) is 11.1 Å². The Morgan fingerprint density at radius 2 is 1.93 bits per heavy atom. The molecular weight excluding hydrogens is 400 g/mol. The Balaban J connectivity index is 1.72. The molecule has 156 valence electrons. The second kappa shape index (κ2) is 8.10. The summed E-state index contributed by atoms with van der Waals surface area (Å²) in [7, 11) is 3.07. The van der Waals surface area contributed by atoms with Crippen LogP contribution in [0, 0.1) is 0 Å². The van der Waals surface area contributed by atoms with Crippen LogP contribution in [-0.4, -0.2) is 32.3 Å². The number of thioether (sulfide) groups is 1. The molecule has 3 aromatic rings. The fourth-order valence-electron chi connectivity index (χ4n) is 3.96. The molecule has 0 fully saturated rings. The van der Waals surface area contributed by atoms with Crippen molar-refractivity contribution in [2.24, 2.45) is 14.1 Å². The van der Waals surface area contributed by atoms with Crippen LogP contribution in [0.5, 0.6) is 0 Å². The van der Waals surface area contributed by atoms with Crippen LogP contribution in [0.2, 0.25) is 0 Å². The lowest BCUT2D eigenvalue weighted by Crippen LogP contribution is -2.38. The molecule has 0 spiro atoms. The lowest BCUT2D eigenvalue weighted by atomic mass is 10.0. The zero-order chi connectivity index (χ0) is 21.4. The van der Waals surface area contributed by atoms with Crippen LogP contribution >= 0.6 is 11.8 Å². The summed E-state index contributed by atoms with van der Waals surface area (Å²) in [5.74, 6) is 0.229. The minimum Gasteiger partial charge on any atom is -0.311 e. The molecule has 1 aliphatic rings. The minimum absolute atomic E-state index is 0.0146. The average molecular weight is 425 g/mol. The van der Waals surface area contributed by atoms with Crippen LogP contribution in [0.4, 0.5) is 5.69 Å². The summed E-state index contributed by atoms with van der Waals surface area (Å²) in [5, 5.41) is 0.399. The fraction of sp³-hybridized carbons (Fsp3) is 0.364. The van der Waals surface area contributed by atoms with Gasteiger partial charge in [-0.3, -0.25) is 18.7 Å². The fourth-order valence-corrected chi connectivity index (χ4v) is 5.09. The second-order valence-electron chi connectivity index (χ2n) is 7.44. The summed E-state index contributed by atoms with van der Waals surface area (Å²) in [5.41, 5.74) is 2.61. The first kappa shape index (κ1) is 20.4. The van der Waals surface area contributed by atoms with E-state index in [9.17, 15) is 14.4 Å². The Labute approximate surface area is 178 Å². The van der Waals surface area contributed by atoms with E-state index in [1.54, 1.807) is 13.2 Å². The molecule has 7 nitrogen and oxygen atoms in total. The molecule has 0 atom stereocenters. The summed E-state index contributed by atoms with van der Waals surface area (Å²) >= 11 is 1.36. The minimum atomic E-state index is -0.416. The number of pyridine rings is 1. The highest BCUT2D eigenvalue weighted by atomic mass is 32.2. The maximum atomic E-state index is 13.1. The molecule has 0 N–H and O–H groups in total. The van der Waals surface area contributed by atoms with Gasteiger partial charge in [0.1, 0.15) is 5.65 Å². The predicted octanol–water partition coefficient (Wildman–Crippen LogP) is 2.27. The topological polar surface area (TPSA) is 77.2 Å². The van der Waals surface area contributed by atoms with Gasteiger partial charge in [-0.15, -0.1) is 11.8 Å². The summed E-state index contributed by atoms with van der Waals surface area (Å²) in [6, 6.07) is 8.01. The Bertz CT molecular complexity index is 1260. The van der Waals surface area contributed by atoms with Crippen LogP contribution in [-0.2, 0) is 31.7 Å². The van der Waals surface area contributed by atoms with Crippen LogP contribution in [0.25, 0.3) is 11.0 Å². The molecular formula is C22H24N4O3S. The predicted molar refractivity (Wildman–Crippen MR) is 119 cm³/mol. The number of rotatable bonds is 4. The number of fused-ring (bicyclic) bond motifs is 2. The number of benzene rings is 1. The van der Waals surface area contributed by atoms with Gasteiger partial charge in [0, 0.05) is 37.4 Å². The largest absolute Gasteiger partial charge is 0.332 e. The van der Waals surface area contributed by atoms with Gasteiger partial charge < -0.3 is 4.90 Å². The van der Waals surface area contributed by atoms with Crippen LogP contribution in [0.15, 0.2) is 44.9 Å². The van der Waals surface area contributed by atoms with E-state index in [0.29, 0.717) is 24.0 Å². The van der Waals surface area contributed by atoms with Gasteiger partial charge in [0.25, 0.3) is 5.56 Å². The monoisotopic (exact) mass is 424 g/mol. The average Bonchev–Trinajstić information content (AvgIpc) is 2.78. The SMILES string of the molecule is CCc1cnc2c(c1SCC(=O)N1CCCc3ccccc31)c(=O)n(C)c(=O)n2C. The number of aryl methyl sites for hydroxylation is 3. The van der Waals surface area contributed by atoms with E-state index in [1.165, 1.54) is 28.9 Å². The van der Waals surface area contributed by atoms with Gasteiger partial charge in [0.2, 0.25) is 5.91 Å². The number of carbonyl (C=O) groups is 1. The first-order chi connectivity index (χ1) is 14.4. The molecule has 0 unspecified atom stereocenters. The van der Waals surface area contributed by atoms with Crippen molar-refractivity contribution in [3.05, 3.63) is 62.4 Å². The van der Waals surface area contributed by atoms with Gasteiger partial charge in [-0.2, -0.15) is 0 Å². The quantitative estimate of drug-likeness (QED) is 0.601. The number of para-hydroxylation sites is 1. The molecule has 0 saturated heterocycles. The number of nitrogens with zero attached hydrogens (tertiary/aromatic N) is 4. The van der Waals surface area contributed by atoms with E-state index >= 15 is 0 Å². The van der Waals surface area contributed by atoms with E-state index in [4.69, 9.17) is 0 Å². The van der Waals surface area contributed by atoms with Crippen molar-refractivity contribution in [2.45, 2.75) is 31.1 Å². The molecule has 0 radical (unpaired) electrons. The van der Waals surface area contributed by atoms with Crippen molar-refractivity contribution >= 4 is 34.4 Å². The van der Waals surface area contributed by atoms with Gasteiger partial charge in [0.15, 0.2) is 0 Å². The van der Waals surface area contributed by atoms with Gasteiger partial charge in [-0.25, -0.2) is 9.78 Å². The molecule has 1 aliphatic heterocycles. The lowest BCUT2D eigenvalue weighted by Gasteiger charge is -2.29. The van der Waals surface area contributed by atoms with E-state index in [-0.39, 0.29) is 17.2 Å². The highest BCUT2D eigenvalue weighted by molar-refractivity contribution is 8.00. The van der Waals surface area contributed by atoms with Gasteiger partial charge in [-0.05, 0) is 36.5 Å². The zero-order valence-corrected chi connectivity index (χ0v) is 18.2. The summed E-state index contributed by atoms with van der Waals surface area (Å²) < 4.78 is 2.47. The molecule has 30 heavy (non-hydrogen) atoms. The Kier molecular flexibility index (Phi) is 5.51. The van der Waals surface area contributed by atoms with Gasteiger partial charge >= 0.3 is 5.69 Å². The van der Waals surface area contributed by atoms with Crippen LogP contribution in [0.1, 0.15) is 24.5 Å². The molecule has 0 bridgehead atoms. The summed E-state index contributed by atoms with van der Waals surface area (Å²) in [4.78, 5) is 45.2. The molecule has 0 saturated carbocycles. The highest BCUT2D eigenvalue weighted by Crippen LogP contribution is 2.31. The smallest absolute Gasteiger partial charge is 0.311 e. The maximum Gasteiger partial charge on any atom is 0.332 e. The van der Waals surface area contributed by atoms with Crippen LogP contribution in [0.3, 0.4) is 0 Å². The zero-order valence-electron chi connectivity index (χ0n) is 17.3. The summed E-state index contributed by atoms with van der Waals surface area (Å²) in [6.07, 6.45) is 4.29. The van der Waals surface area contributed by atoms with Crippen LogP contribution < -0.4 is 16.1 Å². The Hall–Kier alpha value is -2.87. The Morgan fingerprint density at radius 3 is 2.70 bits per heavy atom. The van der Waals surface area contributed by atoms with E-state index in [0.717, 1.165) is 33.6 Å². The first-order valence-corrected chi connectivity index (χ1v) is 11.0. The van der Waals surface area contributed by atoms with Crippen molar-refractivity contribution in [3.63, 3.8) is 0 Å². The molecule has 1 amide bonds. The number of anilines is 1. The van der Waals surface area contributed by atoms with Crippen molar-refractivity contribution in [1.82, 2.24) is 14.1 Å². The number of hydrogen-bond acceptors (Lipinski definition) is 5. The number of aromatic nitrogens is 3. The van der Waals surface area contributed by atoms with Gasteiger partial charge in [-0.1, -0.05) is 25.1 Å². The second-order valence-corrected chi connectivity index (χ2v) is 8.42. The third kappa shape index (κ3) is 3.35. The normalized spacial score (nSPS) is 13.5. The van der Waals surface area contributed by atoms with Crippen molar-refractivity contribution in [3.8, 4) is 0 Å². The molecule has 0 aliphatic carbocycles. The summed E-state index contributed by atoms with van der Waals surface area (Å²) in [6.45, 7) is 2.69. The first-order valence-electron chi connectivity index (χ1n) is 10.0. The molecule has 1 aromatic carbocycles. The highest BCUT2D eigenvalue weighted by Gasteiger charge is 2.24. The van der Waals surface area contributed by atoms with E-state index in [1.807, 2.05) is 30.0 Å². The molecule has 4 rings (SSSR count). The molecule has 2 aromatic heterocycles. The molecule has 8 heteroatoms. The van der Waals surface area contributed by atoms with E-state index < -0.39 is 5.69 Å². The number of carbonyl (C=O) groups excluding carboxylic acids is 1. The molecule has 3 heterocycles. The standard InChI is InChI=1S/C22H24N4O3S/c1-4-14-12-23-20-18(21(28)25(3)22(29)24(20)2)19(14)30-13-17(27)26-11-7-9-15-8-5-6-10-16(15)26/h5-6,8,10,12H,4,7,9,11,13H2,1-3H3. The van der Waals surface area contributed by atoms with Crippen molar-refractivity contribution in [2.75, 3.05) is 17.2 Å². The van der Waals surface area contributed by atoms with Crippen molar-refractivity contribution in [1.29, 1.82) is 0 Å². The van der Waals surface area contributed by atoms with Gasteiger partial charge in [0.05, 0.1) is 11.1 Å². The van der Waals surface area contributed by atoms with Crippen molar-refractivity contribution < 1.29 is 4.79 Å². The third-order valence-corrected chi connectivity index (χ3v) is 6.77. The maximum absolute atomic E-state index is 13.1.